The smallest absolute Gasteiger partial charge is 0.242 e. The molecule has 0 aromatic heterocycles. The average Bonchev–Trinajstić information content (AvgIpc) is 3.24. The number of aryl methyl sites for hydroxylation is 1. The van der Waals surface area contributed by atoms with E-state index in [-0.39, 0.29) is 18.6 Å². The van der Waals surface area contributed by atoms with E-state index >= 15 is 0 Å². The number of nitrogens with one attached hydrogen (secondary N) is 1. The molecule has 0 saturated heterocycles. The first-order valence-corrected chi connectivity index (χ1v) is 10.6. The number of carbonyl (C=O) groups is 2. The van der Waals surface area contributed by atoms with E-state index in [2.05, 4.69) is 12.2 Å². The SMILES string of the molecule is CCCCNC(=O)[C@H](C)N(Cc1ccccc1)C(=O)CCc1ccc2c(c1)OCO2. The summed E-state index contributed by atoms with van der Waals surface area (Å²) in [6.45, 7) is 5.14. The Labute approximate surface area is 178 Å². The normalized spacial score (nSPS) is 13.0. The number of amides is 2. The molecule has 0 bridgehead atoms. The maximum atomic E-state index is 13.1. The summed E-state index contributed by atoms with van der Waals surface area (Å²) >= 11 is 0. The Morgan fingerprint density at radius 1 is 1.07 bits per heavy atom. The molecule has 2 amide bonds. The van der Waals surface area contributed by atoms with Gasteiger partial charge < -0.3 is 19.7 Å². The number of unbranched alkanes of at least 4 members (excludes halogenated alkanes) is 1. The molecule has 2 aromatic carbocycles. The summed E-state index contributed by atoms with van der Waals surface area (Å²) in [7, 11) is 0. The largest absolute Gasteiger partial charge is 0.454 e. The van der Waals surface area contributed by atoms with Gasteiger partial charge >= 0.3 is 0 Å². The van der Waals surface area contributed by atoms with Crippen LogP contribution < -0.4 is 14.8 Å². The minimum Gasteiger partial charge on any atom is -0.454 e. The van der Waals surface area contributed by atoms with Gasteiger partial charge in [0.1, 0.15) is 6.04 Å². The molecule has 160 valence electrons. The van der Waals surface area contributed by atoms with Gasteiger partial charge in [-0.05, 0) is 43.0 Å². The Kier molecular flexibility index (Phi) is 7.71. The summed E-state index contributed by atoms with van der Waals surface area (Å²) in [5, 5.41) is 2.94. The molecule has 1 heterocycles. The molecular formula is C24H30N2O4. The predicted molar refractivity (Wildman–Crippen MR) is 115 cm³/mol. The fourth-order valence-corrected chi connectivity index (χ4v) is 3.39. The van der Waals surface area contributed by atoms with E-state index in [1.165, 1.54) is 0 Å². The molecule has 6 heteroatoms. The van der Waals surface area contributed by atoms with Crippen molar-refractivity contribution in [2.45, 2.75) is 52.1 Å². The van der Waals surface area contributed by atoms with Gasteiger partial charge in [0.2, 0.25) is 18.6 Å². The fourth-order valence-electron chi connectivity index (χ4n) is 3.39. The van der Waals surface area contributed by atoms with Crippen LogP contribution in [0.3, 0.4) is 0 Å². The molecule has 1 aliphatic heterocycles. The Hall–Kier alpha value is -3.02. The third-order valence-electron chi connectivity index (χ3n) is 5.26. The molecule has 0 fully saturated rings. The minimum atomic E-state index is -0.536. The fraction of sp³-hybridized carbons (Fsp3) is 0.417. The number of rotatable bonds is 10. The lowest BCUT2D eigenvalue weighted by Gasteiger charge is -2.29. The Balaban J connectivity index is 1.66. The maximum Gasteiger partial charge on any atom is 0.242 e. The molecule has 0 spiro atoms. The highest BCUT2D eigenvalue weighted by Gasteiger charge is 2.26. The van der Waals surface area contributed by atoms with Gasteiger partial charge in [0.05, 0.1) is 0 Å². The van der Waals surface area contributed by atoms with Crippen LogP contribution in [-0.2, 0) is 22.6 Å². The van der Waals surface area contributed by atoms with Crippen LogP contribution in [0.2, 0.25) is 0 Å². The quantitative estimate of drug-likeness (QED) is 0.607. The first-order chi connectivity index (χ1) is 14.6. The number of carbonyl (C=O) groups excluding carboxylic acids is 2. The second-order valence-corrected chi connectivity index (χ2v) is 7.52. The number of nitrogens with zero attached hydrogens (tertiary/aromatic N) is 1. The van der Waals surface area contributed by atoms with Crippen LogP contribution in [0.15, 0.2) is 48.5 Å². The Morgan fingerprint density at radius 2 is 1.83 bits per heavy atom. The average molecular weight is 411 g/mol. The highest BCUT2D eigenvalue weighted by atomic mass is 16.7. The van der Waals surface area contributed by atoms with E-state index in [1.807, 2.05) is 48.5 Å². The molecule has 0 radical (unpaired) electrons. The predicted octanol–water partition coefficient (Wildman–Crippen LogP) is 3.68. The first kappa shape index (κ1) is 21.7. The number of hydrogen-bond acceptors (Lipinski definition) is 4. The van der Waals surface area contributed by atoms with Crippen molar-refractivity contribution < 1.29 is 19.1 Å². The molecule has 0 saturated carbocycles. The third-order valence-corrected chi connectivity index (χ3v) is 5.26. The maximum absolute atomic E-state index is 13.1. The number of ether oxygens (including phenoxy) is 2. The van der Waals surface area contributed by atoms with Gasteiger partial charge in [0, 0.05) is 19.5 Å². The van der Waals surface area contributed by atoms with Gasteiger partial charge in [-0.2, -0.15) is 0 Å². The lowest BCUT2D eigenvalue weighted by atomic mass is 10.1. The van der Waals surface area contributed by atoms with Gasteiger partial charge in [-0.3, -0.25) is 9.59 Å². The van der Waals surface area contributed by atoms with Gasteiger partial charge in [-0.1, -0.05) is 49.7 Å². The van der Waals surface area contributed by atoms with Crippen LogP contribution in [-0.4, -0.2) is 36.1 Å². The second-order valence-electron chi connectivity index (χ2n) is 7.52. The minimum absolute atomic E-state index is 0.0466. The summed E-state index contributed by atoms with van der Waals surface area (Å²) in [4.78, 5) is 27.4. The van der Waals surface area contributed by atoms with Crippen LogP contribution in [0.25, 0.3) is 0 Å². The molecule has 0 unspecified atom stereocenters. The number of hydrogen-bond donors (Lipinski definition) is 1. The van der Waals surface area contributed by atoms with Gasteiger partial charge in [0.15, 0.2) is 11.5 Å². The number of benzene rings is 2. The molecule has 1 atom stereocenters. The zero-order valence-corrected chi connectivity index (χ0v) is 17.7. The Bertz CT molecular complexity index is 854. The van der Waals surface area contributed by atoms with Crippen molar-refractivity contribution in [2.24, 2.45) is 0 Å². The van der Waals surface area contributed by atoms with Crippen molar-refractivity contribution >= 4 is 11.8 Å². The lowest BCUT2D eigenvalue weighted by molar-refractivity contribution is -0.140. The van der Waals surface area contributed by atoms with E-state index in [4.69, 9.17) is 9.47 Å². The van der Waals surface area contributed by atoms with E-state index in [0.717, 1.165) is 29.7 Å². The molecule has 30 heavy (non-hydrogen) atoms. The monoisotopic (exact) mass is 410 g/mol. The van der Waals surface area contributed by atoms with Crippen molar-refractivity contribution in [1.82, 2.24) is 10.2 Å². The standard InChI is InChI=1S/C24H30N2O4/c1-3-4-14-25-24(28)18(2)26(16-20-8-6-5-7-9-20)23(27)13-11-19-10-12-21-22(15-19)30-17-29-21/h5-10,12,15,18H,3-4,11,13-14,16-17H2,1-2H3,(H,25,28)/t18-/m0/s1. The second kappa shape index (κ2) is 10.7. The van der Waals surface area contributed by atoms with E-state index in [9.17, 15) is 9.59 Å². The molecule has 0 aliphatic carbocycles. The molecule has 2 aromatic rings. The first-order valence-electron chi connectivity index (χ1n) is 10.6. The molecule has 6 nitrogen and oxygen atoms in total. The zero-order valence-electron chi connectivity index (χ0n) is 17.7. The van der Waals surface area contributed by atoms with Crippen LogP contribution >= 0.6 is 0 Å². The van der Waals surface area contributed by atoms with Crippen molar-refractivity contribution in [1.29, 1.82) is 0 Å². The van der Waals surface area contributed by atoms with Crippen LogP contribution in [0.1, 0.15) is 44.2 Å². The van der Waals surface area contributed by atoms with E-state index in [0.29, 0.717) is 31.7 Å². The summed E-state index contributed by atoms with van der Waals surface area (Å²) in [5.74, 6) is 1.28. The van der Waals surface area contributed by atoms with Gasteiger partial charge in [0.25, 0.3) is 0 Å². The van der Waals surface area contributed by atoms with Crippen LogP contribution in [0.5, 0.6) is 11.5 Å². The van der Waals surface area contributed by atoms with E-state index in [1.54, 1.807) is 11.8 Å². The summed E-state index contributed by atoms with van der Waals surface area (Å²) in [5.41, 5.74) is 2.01. The summed E-state index contributed by atoms with van der Waals surface area (Å²) in [6.07, 6.45) is 2.83. The molecule has 3 rings (SSSR count). The summed E-state index contributed by atoms with van der Waals surface area (Å²) < 4.78 is 10.8. The molecule has 1 N–H and O–H groups in total. The topological polar surface area (TPSA) is 67.9 Å². The van der Waals surface area contributed by atoms with Crippen LogP contribution in [0.4, 0.5) is 0 Å². The van der Waals surface area contributed by atoms with E-state index < -0.39 is 6.04 Å². The zero-order chi connectivity index (χ0) is 21.3. The lowest BCUT2D eigenvalue weighted by Crippen LogP contribution is -2.47. The molecular weight excluding hydrogens is 380 g/mol. The highest BCUT2D eigenvalue weighted by molar-refractivity contribution is 5.87. The van der Waals surface area contributed by atoms with Crippen molar-refractivity contribution in [2.75, 3.05) is 13.3 Å². The van der Waals surface area contributed by atoms with Crippen molar-refractivity contribution in [3.63, 3.8) is 0 Å². The van der Waals surface area contributed by atoms with Crippen molar-refractivity contribution in [3.8, 4) is 11.5 Å². The summed E-state index contributed by atoms with van der Waals surface area (Å²) in [6, 6.07) is 15.0. The molecule has 1 aliphatic rings. The van der Waals surface area contributed by atoms with Gasteiger partial charge in [-0.25, -0.2) is 0 Å². The van der Waals surface area contributed by atoms with Gasteiger partial charge in [-0.15, -0.1) is 0 Å². The highest BCUT2D eigenvalue weighted by Crippen LogP contribution is 2.32. The van der Waals surface area contributed by atoms with Crippen molar-refractivity contribution in [3.05, 3.63) is 59.7 Å². The van der Waals surface area contributed by atoms with Crippen LogP contribution in [0, 0.1) is 0 Å². The number of fused-ring (bicyclic) bond motifs is 1. The third kappa shape index (κ3) is 5.75. The Morgan fingerprint density at radius 3 is 2.60 bits per heavy atom.